The molecule has 2 aromatic rings. The van der Waals surface area contributed by atoms with Crippen LogP contribution in [0.3, 0.4) is 0 Å². The lowest BCUT2D eigenvalue weighted by atomic mass is 10.1. The van der Waals surface area contributed by atoms with Crippen molar-refractivity contribution >= 4 is 21.4 Å². The van der Waals surface area contributed by atoms with Gasteiger partial charge in [-0.2, -0.15) is 0 Å². The first-order valence-corrected chi connectivity index (χ1v) is 8.52. The fraction of sp³-hybridized carbons (Fsp3) is 0.200. The Morgan fingerprint density at radius 1 is 1.15 bits per heavy atom. The maximum atomic E-state index is 12.6. The molecule has 0 radical (unpaired) electrons. The highest BCUT2D eigenvalue weighted by Gasteiger charge is 2.33. The average molecular weight is 390 g/mol. The third-order valence-electron chi connectivity index (χ3n) is 3.46. The minimum absolute atomic E-state index is 0.234. The van der Waals surface area contributed by atoms with Crippen LogP contribution in [0, 0.1) is 24.0 Å². The summed E-state index contributed by atoms with van der Waals surface area (Å²) in [7, 11) is -4.40. The van der Waals surface area contributed by atoms with Crippen LogP contribution in [0.4, 0.5) is 24.5 Å². The first-order chi connectivity index (χ1) is 11.9. The zero-order chi connectivity index (χ0) is 19.7. The Labute approximate surface area is 146 Å². The number of rotatable bonds is 5. The van der Waals surface area contributed by atoms with E-state index in [4.69, 9.17) is 0 Å². The van der Waals surface area contributed by atoms with Crippen LogP contribution in [0.2, 0.25) is 0 Å². The average Bonchev–Trinajstić information content (AvgIpc) is 2.49. The number of ether oxygens (including phenoxy) is 1. The van der Waals surface area contributed by atoms with Crippen molar-refractivity contribution in [3.8, 4) is 5.75 Å². The Balaban J connectivity index is 2.50. The van der Waals surface area contributed by atoms with Gasteiger partial charge in [0.2, 0.25) is 0 Å². The van der Waals surface area contributed by atoms with E-state index >= 15 is 0 Å². The van der Waals surface area contributed by atoms with Crippen molar-refractivity contribution in [1.82, 2.24) is 0 Å². The summed E-state index contributed by atoms with van der Waals surface area (Å²) in [5.74, 6) is -0.747. The number of non-ortho nitro benzene ring substituents is 1. The van der Waals surface area contributed by atoms with Gasteiger partial charge in [0.25, 0.3) is 15.7 Å². The highest BCUT2D eigenvalue weighted by Crippen LogP contribution is 2.33. The van der Waals surface area contributed by atoms with Crippen molar-refractivity contribution in [2.75, 3.05) is 4.72 Å². The lowest BCUT2D eigenvalue weighted by Crippen LogP contribution is -2.20. The summed E-state index contributed by atoms with van der Waals surface area (Å²) >= 11 is 0. The van der Waals surface area contributed by atoms with E-state index < -0.39 is 43.3 Å². The number of nitro benzene ring substituents is 1. The third kappa shape index (κ3) is 4.42. The summed E-state index contributed by atoms with van der Waals surface area (Å²) < 4.78 is 68.4. The predicted octanol–water partition coefficient (Wildman–Crippen LogP) is 3.91. The number of sulfonamides is 1. The van der Waals surface area contributed by atoms with Crippen molar-refractivity contribution in [3.05, 3.63) is 57.6 Å². The molecular formula is C15H13F3N2O5S. The number of halogens is 3. The Morgan fingerprint density at radius 3 is 2.35 bits per heavy atom. The number of nitrogens with zero attached hydrogens (tertiary/aromatic N) is 1. The van der Waals surface area contributed by atoms with Gasteiger partial charge in [-0.15, -0.1) is 13.2 Å². The zero-order valence-corrected chi connectivity index (χ0v) is 14.3. The summed E-state index contributed by atoms with van der Waals surface area (Å²) in [6.07, 6.45) is -5.01. The number of hydrogen-bond donors (Lipinski definition) is 1. The molecule has 1 N–H and O–H groups in total. The van der Waals surface area contributed by atoms with Gasteiger partial charge < -0.3 is 4.74 Å². The van der Waals surface area contributed by atoms with E-state index in [2.05, 4.69) is 4.74 Å². The molecule has 0 fully saturated rings. The second-order valence-corrected chi connectivity index (χ2v) is 6.94. The van der Waals surface area contributed by atoms with Gasteiger partial charge in [0.05, 0.1) is 15.5 Å². The first kappa shape index (κ1) is 19.5. The van der Waals surface area contributed by atoms with E-state index in [1.54, 1.807) is 0 Å². The molecule has 11 heteroatoms. The van der Waals surface area contributed by atoms with Crippen LogP contribution >= 0.6 is 0 Å². The Bertz CT molecular complexity index is 958. The number of nitrogens with one attached hydrogen (secondary N) is 1. The van der Waals surface area contributed by atoms with Crippen LogP contribution in [-0.4, -0.2) is 19.7 Å². The minimum atomic E-state index is -5.01. The fourth-order valence-electron chi connectivity index (χ4n) is 2.16. The molecule has 0 amide bonds. The summed E-state index contributed by atoms with van der Waals surface area (Å²) in [5, 5.41) is 11.0. The second-order valence-electron chi connectivity index (χ2n) is 5.29. The van der Waals surface area contributed by atoms with E-state index in [0.29, 0.717) is 5.56 Å². The van der Waals surface area contributed by atoms with Crippen LogP contribution < -0.4 is 9.46 Å². The van der Waals surface area contributed by atoms with Crippen LogP contribution in [-0.2, 0) is 10.0 Å². The topological polar surface area (TPSA) is 98.5 Å². The molecule has 7 nitrogen and oxygen atoms in total. The molecular weight excluding hydrogens is 377 g/mol. The summed E-state index contributed by atoms with van der Waals surface area (Å²) in [4.78, 5) is 9.79. The van der Waals surface area contributed by atoms with E-state index in [9.17, 15) is 31.7 Å². The standard InChI is InChI=1S/C15H13F3N2O5S/c1-9-7-11(20(21)22)8-14(10(9)2)26(23,24)19-12-5-3-4-6-13(12)25-15(16,17)18/h3-8,19H,1-2H3. The van der Waals surface area contributed by atoms with Crippen molar-refractivity contribution in [1.29, 1.82) is 0 Å². The number of nitro groups is 1. The SMILES string of the molecule is Cc1cc([N+](=O)[O-])cc(S(=O)(=O)Nc2ccccc2OC(F)(F)F)c1C. The maximum absolute atomic E-state index is 12.6. The van der Waals surface area contributed by atoms with Gasteiger partial charge in [-0.1, -0.05) is 12.1 Å². The molecule has 0 saturated heterocycles. The molecule has 0 spiro atoms. The van der Waals surface area contributed by atoms with Gasteiger partial charge in [-0.05, 0) is 37.1 Å². The highest BCUT2D eigenvalue weighted by atomic mass is 32.2. The second kappa shape index (κ2) is 6.83. The Morgan fingerprint density at radius 2 is 1.77 bits per heavy atom. The Hall–Kier alpha value is -2.82. The molecule has 0 saturated carbocycles. The van der Waals surface area contributed by atoms with Crippen LogP contribution in [0.15, 0.2) is 41.3 Å². The van der Waals surface area contributed by atoms with Gasteiger partial charge >= 0.3 is 6.36 Å². The quantitative estimate of drug-likeness (QED) is 0.616. The number of para-hydroxylation sites is 2. The lowest BCUT2D eigenvalue weighted by Gasteiger charge is -2.16. The van der Waals surface area contributed by atoms with Crippen molar-refractivity contribution in [2.45, 2.75) is 25.1 Å². The molecule has 0 unspecified atom stereocenters. The van der Waals surface area contributed by atoms with E-state index in [-0.39, 0.29) is 5.56 Å². The normalized spacial score (nSPS) is 11.9. The lowest BCUT2D eigenvalue weighted by molar-refractivity contribution is -0.385. The monoisotopic (exact) mass is 390 g/mol. The fourth-order valence-corrected chi connectivity index (χ4v) is 3.57. The molecule has 2 aromatic carbocycles. The van der Waals surface area contributed by atoms with E-state index in [1.165, 1.54) is 32.0 Å². The number of hydrogen-bond acceptors (Lipinski definition) is 5. The minimum Gasteiger partial charge on any atom is -0.404 e. The largest absolute Gasteiger partial charge is 0.573 e. The molecule has 0 aromatic heterocycles. The van der Waals surface area contributed by atoms with Crippen LogP contribution in [0.25, 0.3) is 0 Å². The molecule has 2 rings (SSSR count). The summed E-state index contributed by atoms with van der Waals surface area (Å²) in [5.41, 5.74) is -0.321. The number of benzene rings is 2. The molecule has 140 valence electrons. The predicted molar refractivity (Wildman–Crippen MR) is 86.5 cm³/mol. The molecule has 26 heavy (non-hydrogen) atoms. The molecule has 0 aliphatic rings. The summed E-state index contributed by atoms with van der Waals surface area (Å²) in [6, 6.07) is 6.62. The van der Waals surface area contributed by atoms with Crippen LogP contribution in [0.5, 0.6) is 5.75 Å². The third-order valence-corrected chi connectivity index (χ3v) is 4.95. The molecule has 0 bridgehead atoms. The number of alkyl halides is 3. The van der Waals surface area contributed by atoms with Gasteiger partial charge in [0.1, 0.15) is 0 Å². The molecule has 0 aliphatic carbocycles. The zero-order valence-electron chi connectivity index (χ0n) is 13.5. The highest BCUT2D eigenvalue weighted by molar-refractivity contribution is 7.92. The first-order valence-electron chi connectivity index (χ1n) is 7.04. The smallest absolute Gasteiger partial charge is 0.404 e. The van der Waals surface area contributed by atoms with Gasteiger partial charge in [-0.3, -0.25) is 14.8 Å². The maximum Gasteiger partial charge on any atom is 0.573 e. The summed E-state index contributed by atoms with van der Waals surface area (Å²) in [6.45, 7) is 2.92. The van der Waals surface area contributed by atoms with Crippen molar-refractivity contribution in [2.24, 2.45) is 0 Å². The van der Waals surface area contributed by atoms with Gasteiger partial charge in [0.15, 0.2) is 5.75 Å². The number of aryl methyl sites for hydroxylation is 1. The van der Waals surface area contributed by atoms with E-state index in [1.807, 2.05) is 4.72 Å². The van der Waals surface area contributed by atoms with Crippen LogP contribution in [0.1, 0.15) is 11.1 Å². The van der Waals surface area contributed by atoms with Gasteiger partial charge in [-0.25, -0.2) is 8.42 Å². The van der Waals surface area contributed by atoms with Crippen molar-refractivity contribution < 1.29 is 31.2 Å². The molecule has 0 aliphatic heterocycles. The molecule has 0 atom stereocenters. The Kier molecular flexibility index (Phi) is 5.12. The van der Waals surface area contributed by atoms with Gasteiger partial charge in [0, 0.05) is 12.1 Å². The number of anilines is 1. The van der Waals surface area contributed by atoms with Crippen molar-refractivity contribution in [3.63, 3.8) is 0 Å². The van der Waals surface area contributed by atoms with E-state index in [0.717, 1.165) is 18.2 Å². The molecule has 0 heterocycles.